The fraction of sp³-hybridized carbons (Fsp3) is 0.818. The summed E-state index contributed by atoms with van der Waals surface area (Å²) in [6, 6.07) is -1.03. The number of ether oxygens (including phenoxy) is 1. The second-order valence-electron chi connectivity index (χ2n) is 4.81. The fourth-order valence-electron chi connectivity index (χ4n) is 1.73. The Balaban J connectivity index is 2.50. The van der Waals surface area contributed by atoms with Crippen LogP contribution in [0.4, 0.5) is 4.79 Å². The van der Waals surface area contributed by atoms with Gasteiger partial charge in [-0.25, -0.2) is 9.59 Å². The highest BCUT2D eigenvalue weighted by molar-refractivity contribution is 5.83. The fourth-order valence-corrected chi connectivity index (χ4v) is 1.73. The summed E-state index contributed by atoms with van der Waals surface area (Å²) in [5, 5.41) is 11.7. The van der Waals surface area contributed by atoms with Gasteiger partial charge in [-0.1, -0.05) is 0 Å². The number of hydrogen-bond acceptors (Lipinski definition) is 3. The first-order valence-electron chi connectivity index (χ1n) is 5.70. The molecule has 1 saturated heterocycles. The summed E-state index contributed by atoms with van der Waals surface area (Å²) in [5.74, 6) is -0.941. The van der Waals surface area contributed by atoms with Gasteiger partial charge in [0, 0.05) is 20.2 Å². The van der Waals surface area contributed by atoms with Gasteiger partial charge in [0.2, 0.25) is 0 Å². The molecule has 0 radical (unpaired) electrons. The number of rotatable bonds is 4. The standard InChI is InChI=1S/C11H20N2O4/c1-11(2,17-3)7-12-10(16)13-6-4-5-8(13)9(14)15/h8H,4-7H2,1-3H3,(H,12,16)(H,14,15)/t8-/m1/s1. The lowest BCUT2D eigenvalue weighted by atomic mass is 10.1. The predicted octanol–water partition coefficient (Wildman–Crippen LogP) is 0.670. The van der Waals surface area contributed by atoms with Gasteiger partial charge in [0.25, 0.3) is 0 Å². The van der Waals surface area contributed by atoms with E-state index in [-0.39, 0.29) is 6.03 Å². The number of nitrogens with one attached hydrogen (secondary N) is 1. The van der Waals surface area contributed by atoms with E-state index in [0.717, 1.165) is 6.42 Å². The van der Waals surface area contributed by atoms with Crippen molar-refractivity contribution in [3.63, 3.8) is 0 Å². The van der Waals surface area contributed by atoms with Crippen molar-refractivity contribution in [1.82, 2.24) is 10.2 Å². The molecule has 1 aliphatic rings. The summed E-state index contributed by atoms with van der Waals surface area (Å²) >= 11 is 0. The van der Waals surface area contributed by atoms with Crippen LogP contribution in [0, 0.1) is 0 Å². The third-order valence-electron chi connectivity index (χ3n) is 3.02. The molecule has 2 N–H and O–H groups in total. The monoisotopic (exact) mass is 244 g/mol. The van der Waals surface area contributed by atoms with E-state index in [1.54, 1.807) is 7.11 Å². The van der Waals surface area contributed by atoms with Crippen LogP contribution in [0.3, 0.4) is 0 Å². The lowest BCUT2D eigenvalue weighted by Gasteiger charge is -2.27. The summed E-state index contributed by atoms with van der Waals surface area (Å²) in [5.41, 5.74) is -0.450. The third-order valence-corrected chi connectivity index (χ3v) is 3.02. The number of likely N-dealkylation sites (tertiary alicyclic amines) is 1. The Morgan fingerprint density at radius 3 is 2.71 bits per heavy atom. The Labute approximate surface area is 101 Å². The van der Waals surface area contributed by atoms with Gasteiger partial charge in [0.05, 0.1) is 5.60 Å². The smallest absolute Gasteiger partial charge is 0.326 e. The van der Waals surface area contributed by atoms with Crippen molar-refractivity contribution in [2.45, 2.75) is 38.3 Å². The van der Waals surface area contributed by atoms with Crippen LogP contribution in [0.25, 0.3) is 0 Å². The molecule has 1 atom stereocenters. The molecule has 6 heteroatoms. The largest absolute Gasteiger partial charge is 0.480 e. The van der Waals surface area contributed by atoms with Crippen molar-refractivity contribution in [3.8, 4) is 0 Å². The number of carboxylic acids is 1. The highest BCUT2D eigenvalue weighted by Crippen LogP contribution is 2.17. The van der Waals surface area contributed by atoms with Gasteiger partial charge in [0.15, 0.2) is 0 Å². The summed E-state index contributed by atoms with van der Waals surface area (Å²) < 4.78 is 5.18. The van der Waals surface area contributed by atoms with E-state index in [4.69, 9.17) is 9.84 Å². The number of urea groups is 1. The van der Waals surface area contributed by atoms with E-state index in [1.807, 2.05) is 13.8 Å². The van der Waals surface area contributed by atoms with Crippen molar-refractivity contribution < 1.29 is 19.4 Å². The SMILES string of the molecule is COC(C)(C)CNC(=O)N1CCC[C@@H]1C(=O)O. The first-order chi connectivity index (χ1) is 7.87. The molecular weight excluding hydrogens is 224 g/mol. The number of hydrogen-bond donors (Lipinski definition) is 2. The average molecular weight is 244 g/mol. The molecule has 1 rings (SSSR count). The van der Waals surface area contributed by atoms with Gasteiger partial charge < -0.3 is 20.1 Å². The van der Waals surface area contributed by atoms with E-state index in [2.05, 4.69) is 5.32 Å². The Morgan fingerprint density at radius 2 is 2.18 bits per heavy atom. The number of carbonyl (C=O) groups is 2. The number of amides is 2. The Morgan fingerprint density at radius 1 is 1.53 bits per heavy atom. The molecule has 17 heavy (non-hydrogen) atoms. The number of carboxylic acid groups (broad SMARTS) is 1. The van der Waals surface area contributed by atoms with Crippen LogP contribution in [0.2, 0.25) is 0 Å². The van der Waals surface area contributed by atoms with Crippen molar-refractivity contribution in [2.75, 3.05) is 20.2 Å². The summed E-state index contributed by atoms with van der Waals surface area (Å²) in [6.45, 7) is 4.55. The number of nitrogens with zero attached hydrogens (tertiary/aromatic N) is 1. The molecule has 1 aliphatic heterocycles. The molecule has 6 nitrogen and oxygen atoms in total. The lowest BCUT2D eigenvalue weighted by Crippen LogP contribution is -2.49. The third kappa shape index (κ3) is 3.59. The van der Waals surface area contributed by atoms with Crippen LogP contribution >= 0.6 is 0 Å². The molecule has 0 aromatic heterocycles. The molecule has 0 spiro atoms. The van der Waals surface area contributed by atoms with E-state index in [9.17, 15) is 9.59 Å². The number of carbonyl (C=O) groups excluding carboxylic acids is 1. The number of methoxy groups -OCH3 is 1. The molecule has 0 unspecified atom stereocenters. The Bertz CT molecular complexity index is 304. The van der Waals surface area contributed by atoms with Crippen molar-refractivity contribution in [2.24, 2.45) is 0 Å². The molecule has 0 aromatic rings. The Hall–Kier alpha value is -1.30. The maximum atomic E-state index is 11.8. The van der Waals surface area contributed by atoms with E-state index >= 15 is 0 Å². The highest BCUT2D eigenvalue weighted by Gasteiger charge is 2.34. The van der Waals surface area contributed by atoms with Gasteiger partial charge in [-0.2, -0.15) is 0 Å². The summed E-state index contributed by atoms with van der Waals surface area (Å²) in [7, 11) is 1.57. The van der Waals surface area contributed by atoms with Crippen molar-refractivity contribution in [3.05, 3.63) is 0 Å². The average Bonchev–Trinajstić information content (AvgIpc) is 2.75. The minimum atomic E-state index is -0.941. The van der Waals surface area contributed by atoms with Crippen LogP contribution in [0.1, 0.15) is 26.7 Å². The highest BCUT2D eigenvalue weighted by atomic mass is 16.5. The molecule has 2 amide bonds. The number of aliphatic carboxylic acids is 1. The van der Waals surface area contributed by atoms with Crippen molar-refractivity contribution >= 4 is 12.0 Å². The van der Waals surface area contributed by atoms with Crippen LogP contribution in [-0.4, -0.2) is 53.8 Å². The van der Waals surface area contributed by atoms with Gasteiger partial charge >= 0.3 is 12.0 Å². The molecule has 0 saturated carbocycles. The zero-order chi connectivity index (χ0) is 13.1. The topological polar surface area (TPSA) is 78.9 Å². The first-order valence-corrected chi connectivity index (χ1v) is 5.70. The molecule has 0 aliphatic carbocycles. The first kappa shape index (κ1) is 13.8. The van der Waals surface area contributed by atoms with Crippen LogP contribution in [0.5, 0.6) is 0 Å². The molecule has 1 fully saturated rings. The molecule has 98 valence electrons. The quantitative estimate of drug-likeness (QED) is 0.762. The molecule has 0 aromatic carbocycles. The Kier molecular flexibility index (Phi) is 4.34. The van der Waals surface area contributed by atoms with Gasteiger partial charge in [-0.05, 0) is 26.7 Å². The van der Waals surface area contributed by atoms with Gasteiger partial charge in [-0.3, -0.25) is 0 Å². The molecular formula is C11H20N2O4. The summed E-state index contributed by atoms with van der Waals surface area (Å²) in [4.78, 5) is 24.1. The summed E-state index contributed by atoms with van der Waals surface area (Å²) in [6.07, 6.45) is 1.26. The van der Waals surface area contributed by atoms with Crippen LogP contribution in [-0.2, 0) is 9.53 Å². The predicted molar refractivity (Wildman–Crippen MR) is 61.9 cm³/mol. The second kappa shape index (κ2) is 5.35. The van der Waals surface area contributed by atoms with E-state index < -0.39 is 17.6 Å². The lowest BCUT2D eigenvalue weighted by molar-refractivity contribution is -0.141. The van der Waals surface area contributed by atoms with Crippen LogP contribution < -0.4 is 5.32 Å². The van der Waals surface area contributed by atoms with Crippen molar-refractivity contribution in [1.29, 1.82) is 0 Å². The van der Waals surface area contributed by atoms with E-state index in [0.29, 0.717) is 19.5 Å². The maximum absolute atomic E-state index is 11.8. The molecule has 1 heterocycles. The zero-order valence-electron chi connectivity index (χ0n) is 10.5. The van der Waals surface area contributed by atoms with E-state index in [1.165, 1.54) is 4.90 Å². The molecule has 0 bridgehead atoms. The van der Waals surface area contributed by atoms with Gasteiger partial charge in [0.1, 0.15) is 6.04 Å². The minimum absolute atomic E-state index is 0.333. The minimum Gasteiger partial charge on any atom is -0.480 e. The normalized spacial score (nSPS) is 20.4. The second-order valence-corrected chi connectivity index (χ2v) is 4.81. The van der Waals surface area contributed by atoms with Gasteiger partial charge in [-0.15, -0.1) is 0 Å². The van der Waals surface area contributed by atoms with Crippen LogP contribution in [0.15, 0.2) is 0 Å². The zero-order valence-corrected chi connectivity index (χ0v) is 10.5. The maximum Gasteiger partial charge on any atom is 0.326 e.